The molecule has 0 radical (unpaired) electrons. The summed E-state index contributed by atoms with van der Waals surface area (Å²) in [6, 6.07) is 28.7. The Kier molecular flexibility index (Phi) is 7.68. The fourth-order valence-corrected chi connectivity index (χ4v) is 5.76. The molecule has 0 aromatic heterocycles. The predicted molar refractivity (Wildman–Crippen MR) is 152 cm³/mol. The van der Waals surface area contributed by atoms with E-state index in [4.69, 9.17) is 0 Å². The molecule has 3 amide bonds. The molecule has 198 valence electrons. The van der Waals surface area contributed by atoms with Gasteiger partial charge in [-0.05, 0) is 49.9 Å². The summed E-state index contributed by atoms with van der Waals surface area (Å²) >= 11 is 0. The third-order valence-corrected chi connectivity index (χ3v) is 8.25. The number of anilines is 1. The monoisotopic (exact) mass is 510 g/mol. The lowest BCUT2D eigenvalue weighted by Gasteiger charge is -2.44. The molecule has 2 heterocycles. The Morgan fingerprint density at radius 2 is 1.29 bits per heavy atom. The van der Waals surface area contributed by atoms with Gasteiger partial charge in [0.25, 0.3) is 0 Å². The van der Waals surface area contributed by atoms with Crippen molar-refractivity contribution in [2.24, 2.45) is 0 Å². The van der Waals surface area contributed by atoms with Crippen LogP contribution in [0.4, 0.5) is 10.5 Å². The topological polar surface area (TPSA) is 55.9 Å². The van der Waals surface area contributed by atoms with E-state index in [9.17, 15) is 9.59 Å². The fraction of sp³-hybridized carbons (Fsp3) is 0.375. The number of hydrogen-bond donors (Lipinski definition) is 1. The van der Waals surface area contributed by atoms with Crippen molar-refractivity contribution in [3.05, 3.63) is 102 Å². The first-order valence-electron chi connectivity index (χ1n) is 13.7. The molecule has 2 fully saturated rings. The maximum Gasteiger partial charge on any atom is 0.320 e. The molecule has 3 aromatic rings. The molecule has 6 heteroatoms. The Morgan fingerprint density at radius 3 is 1.89 bits per heavy atom. The van der Waals surface area contributed by atoms with Crippen molar-refractivity contribution < 1.29 is 9.59 Å². The minimum absolute atomic E-state index is 0.0406. The first kappa shape index (κ1) is 25.8. The number of benzene rings is 3. The predicted octanol–water partition coefficient (Wildman–Crippen LogP) is 5.15. The zero-order chi connectivity index (χ0) is 26.5. The molecule has 1 N–H and O–H groups in total. The first-order valence-corrected chi connectivity index (χ1v) is 13.7. The molecule has 0 spiro atoms. The number of piperazine rings is 1. The SMILES string of the molecule is Cc1ccc(N2CCN(C(=O)N3CCC(C(=O)N[C@@H](C)c4ccccc4)(c4ccccc4)CC3)CC2)cc1. The maximum absolute atomic E-state index is 13.8. The van der Waals surface area contributed by atoms with Crippen LogP contribution < -0.4 is 10.2 Å². The van der Waals surface area contributed by atoms with Crippen molar-refractivity contribution in [2.75, 3.05) is 44.2 Å². The van der Waals surface area contributed by atoms with E-state index in [-0.39, 0.29) is 18.0 Å². The van der Waals surface area contributed by atoms with Gasteiger partial charge in [-0.1, -0.05) is 78.4 Å². The van der Waals surface area contributed by atoms with Crippen LogP contribution in [0, 0.1) is 6.92 Å². The molecule has 5 rings (SSSR count). The summed E-state index contributed by atoms with van der Waals surface area (Å²) in [6.45, 7) is 8.34. The van der Waals surface area contributed by atoms with Gasteiger partial charge in [0.15, 0.2) is 0 Å². The van der Waals surface area contributed by atoms with Crippen molar-refractivity contribution in [1.29, 1.82) is 0 Å². The standard InChI is InChI=1S/C32H38N4O2/c1-25-13-15-29(16-14-25)34-21-23-36(24-22-34)31(38)35-19-17-32(18-20-35,28-11-7-4-8-12-28)30(37)33-26(2)27-9-5-3-6-10-27/h3-16,26H,17-24H2,1-2H3,(H,33,37)/t26-/m0/s1. The van der Waals surface area contributed by atoms with E-state index >= 15 is 0 Å². The van der Waals surface area contributed by atoms with Crippen LogP contribution >= 0.6 is 0 Å². The summed E-state index contributed by atoms with van der Waals surface area (Å²) < 4.78 is 0. The molecule has 6 nitrogen and oxygen atoms in total. The zero-order valence-electron chi connectivity index (χ0n) is 22.5. The van der Waals surface area contributed by atoms with E-state index in [1.165, 1.54) is 11.3 Å². The summed E-state index contributed by atoms with van der Waals surface area (Å²) in [5.74, 6) is 0.0406. The largest absolute Gasteiger partial charge is 0.368 e. The molecule has 0 unspecified atom stereocenters. The van der Waals surface area contributed by atoms with Gasteiger partial charge >= 0.3 is 6.03 Å². The normalized spacial score (nSPS) is 18.1. The molecule has 38 heavy (non-hydrogen) atoms. The van der Waals surface area contributed by atoms with Crippen LogP contribution in [0.1, 0.15) is 42.5 Å². The summed E-state index contributed by atoms with van der Waals surface area (Å²) in [7, 11) is 0. The van der Waals surface area contributed by atoms with Gasteiger partial charge in [-0.3, -0.25) is 4.79 Å². The van der Waals surface area contributed by atoms with Gasteiger partial charge < -0.3 is 20.0 Å². The second-order valence-corrected chi connectivity index (χ2v) is 10.6. The fourth-order valence-electron chi connectivity index (χ4n) is 5.76. The van der Waals surface area contributed by atoms with Crippen molar-refractivity contribution in [3.8, 4) is 0 Å². The number of hydrogen-bond acceptors (Lipinski definition) is 3. The second-order valence-electron chi connectivity index (χ2n) is 10.6. The minimum atomic E-state index is -0.648. The Labute approximate surface area is 226 Å². The van der Waals surface area contributed by atoms with Crippen LogP contribution in [-0.2, 0) is 10.2 Å². The van der Waals surface area contributed by atoms with Gasteiger partial charge in [0.05, 0.1) is 11.5 Å². The number of carbonyl (C=O) groups excluding carboxylic acids is 2. The highest BCUT2D eigenvalue weighted by molar-refractivity contribution is 5.89. The Balaban J connectivity index is 1.23. The lowest BCUT2D eigenvalue weighted by atomic mass is 9.71. The average molecular weight is 511 g/mol. The Bertz CT molecular complexity index is 1210. The van der Waals surface area contributed by atoms with E-state index < -0.39 is 5.41 Å². The lowest BCUT2D eigenvalue weighted by Crippen LogP contribution is -2.57. The molecule has 0 saturated carbocycles. The summed E-state index contributed by atoms with van der Waals surface area (Å²) in [5.41, 5.74) is 3.93. The molecular weight excluding hydrogens is 472 g/mol. The zero-order valence-corrected chi connectivity index (χ0v) is 22.5. The highest BCUT2D eigenvalue weighted by Gasteiger charge is 2.44. The van der Waals surface area contributed by atoms with Crippen molar-refractivity contribution in [1.82, 2.24) is 15.1 Å². The molecule has 2 aliphatic heterocycles. The van der Waals surface area contributed by atoms with Crippen LogP contribution in [0.5, 0.6) is 0 Å². The van der Waals surface area contributed by atoms with Gasteiger partial charge in [-0.15, -0.1) is 0 Å². The van der Waals surface area contributed by atoms with Crippen LogP contribution in [0.25, 0.3) is 0 Å². The van der Waals surface area contributed by atoms with Crippen molar-refractivity contribution in [2.45, 2.75) is 38.1 Å². The van der Waals surface area contributed by atoms with Crippen LogP contribution in [0.2, 0.25) is 0 Å². The van der Waals surface area contributed by atoms with E-state index in [1.807, 2.05) is 65.3 Å². The number of amides is 3. The Morgan fingerprint density at radius 1 is 0.737 bits per heavy atom. The number of rotatable bonds is 5. The number of aryl methyl sites for hydroxylation is 1. The lowest BCUT2D eigenvalue weighted by molar-refractivity contribution is -0.129. The van der Waals surface area contributed by atoms with E-state index in [1.54, 1.807) is 0 Å². The highest BCUT2D eigenvalue weighted by atomic mass is 16.2. The molecule has 0 bridgehead atoms. The third kappa shape index (κ3) is 5.40. The Hall–Kier alpha value is -3.80. The number of carbonyl (C=O) groups is 2. The number of nitrogens with zero attached hydrogens (tertiary/aromatic N) is 3. The molecule has 0 aliphatic carbocycles. The summed E-state index contributed by atoms with van der Waals surface area (Å²) in [5, 5.41) is 3.28. The quantitative estimate of drug-likeness (QED) is 0.517. The number of nitrogens with one attached hydrogen (secondary N) is 1. The smallest absolute Gasteiger partial charge is 0.320 e. The average Bonchev–Trinajstić information content (AvgIpc) is 2.98. The van der Waals surface area contributed by atoms with Gasteiger partial charge in [0.2, 0.25) is 5.91 Å². The maximum atomic E-state index is 13.8. The number of piperidine rings is 1. The van der Waals surface area contributed by atoms with Gasteiger partial charge in [0, 0.05) is 45.0 Å². The molecule has 2 aliphatic rings. The summed E-state index contributed by atoms with van der Waals surface area (Å²) in [6.07, 6.45) is 1.22. The molecule has 1 atom stereocenters. The van der Waals surface area contributed by atoms with E-state index in [2.05, 4.69) is 53.5 Å². The van der Waals surface area contributed by atoms with Gasteiger partial charge in [0.1, 0.15) is 0 Å². The van der Waals surface area contributed by atoms with Crippen molar-refractivity contribution >= 4 is 17.6 Å². The van der Waals surface area contributed by atoms with Gasteiger partial charge in [-0.2, -0.15) is 0 Å². The van der Waals surface area contributed by atoms with Gasteiger partial charge in [-0.25, -0.2) is 4.79 Å². The molecular formula is C32H38N4O2. The number of urea groups is 1. The van der Waals surface area contributed by atoms with Crippen molar-refractivity contribution in [3.63, 3.8) is 0 Å². The van der Waals surface area contributed by atoms with Crippen LogP contribution in [-0.4, -0.2) is 61.0 Å². The highest BCUT2D eigenvalue weighted by Crippen LogP contribution is 2.37. The van der Waals surface area contributed by atoms with Crippen LogP contribution in [0.3, 0.4) is 0 Å². The van der Waals surface area contributed by atoms with E-state index in [0.29, 0.717) is 39.0 Å². The second kappa shape index (κ2) is 11.3. The molecule has 2 saturated heterocycles. The summed E-state index contributed by atoms with van der Waals surface area (Å²) in [4.78, 5) is 33.6. The third-order valence-electron chi connectivity index (χ3n) is 8.25. The number of likely N-dealkylation sites (tertiary alicyclic amines) is 1. The minimum Gasteiger partial charge on any atom is -0.368 e. The first-order chi connectivity index (χ1) is 18.5. The van der Waals surface area contributed by atoms with Crippen LogP contribution in [0.15, 0.2) is 84.9 Å². The molecule has 3 aromatic carbocycles. The van der Waals surface area contributed by atoms with E-state index in [0.717, 1.165) is 24.2 Å².